The predicted octanol–water partition coefficient (Wildman–Crippen LogP) is 5.13. The largest absolute Gasteiger partial charge is 0.471 e. The number of hydrogen-bond donors (Lipinski definition) is 3. The van der Waals surface area contributed by atoms with Crippen molar-refractivity contribution in [1.82, 2.24) is 0 Å². The molecule has 3 rings (SSSR count). The van der Waals surface area contributed by atoms with Crippen molar-refractivity contribution in [3.63, 3.8) is 0 Å². The smallest absolute Gasteiger partial charge is 0.326 e. The minimum Gasteiger partial charge on any atom is -0.326 e. The van der Waals surface area contributed by atoms with Crippen LogP contribution in [-0.2, 0) is 9.59 Å². The highest BCUT2D eigenvalue weighted by Crippen LogP contribution is 2.53. The van der Waals surface area contributed by atoms with Gasteiger partial charge in [-0.15, -0.1) is 23.2 Å². The minimum atomic E-state index is -5.40. The first-order valence-corrected chi connectivity index (χ1v) is 9.72. The Bertz CT molecular complexity index is 1200. The molecule has 15 heteroatoms. The Balaban J connectivity index is 1.86. The second-order valence-electron chi connectivity index (χ2n) is 7.02. The number of benzene rings is 2. The molecule has 0 spiro atoms. The van der Waals surface area contributed by atoms with Gasteiger partial charge >= 0.3 is 12.1 Å². The van der Waals surface area contributed by atoms with E-state index in [9.17, 15) is 45.1 Å². The molecule has 0 unspecified atom stereocenters. The van der Waals surface area contributed by atoms with Crippen LogP contribution in [0, 0.1) is 29.2 Å². The molecular weight excluding hydrogens is 522 g/mol. The first-order chi connectivity index (χ1) is 15.6. The maximum absolute atomic E-state index is 14.5. The summed E-state index contributed by atoms with van der Waals surface area (Å²) in [5.74, 6) is -12.5. The van der Waals surface area contributed by atoms with E-state index in [0.717, 1.165) is 5.32 Å². The lowest BCUT2D eigenvalue weighted by atomic mass is 10.1. The van der Waals surface area contributed by atoms with Gasteiger partial charge in [-0.2, -0.15) is 13.2 Å². The molecule has 2 aromatic rings. The van der Waals surface area contributed by atoms with Gasteiger partial charge in [0.15, 0.2) is 17.5 Å². The van der Waals surface area contributed by atoms with Crippen LogP contribution in [-0.4, -0.2) is 28.2 Å². The van der Waals surface area contributed by atoms with E-state index in [1.165, 1.54) is 0 Å². The van der Waals surface area contributed by atoms with Gasteiger partial charge in [0.05, 0.1) is 17.2 Å². The number of carbonyl (C=O) groups is 3. The van der Waals surface area contributed by atoms with Gasteiger partial charge in [0.2, 0.25) is 5.91 Å². The highest BCUT2D eigenvalue weighted by molar-refractivity contribution is 6.52. The summed E-state index contributed by atoms with van der Waals surface area (Å²) in [6, 6.07) is 2.03. The standard InChI is InChI=1S/C19H10Cl2F7N3O3/c20-18(21)5-8(18)16(33)29-6-3-7(12(24)10(23)4-6)15(32)31-14-9(22)1-2-11(13(14)25)30-17(34)19(26,27)28/h1-4,8H,5H2,(H,29,33)(H,30,34)(H,31,32)/t8-/m1/s1. The van der Waals surface area contributed by atoms with Gasteiger partial charge in [0, 0.05) is 11.8 Å². The molecule has 1 atom stereocenters. The quantitative estimate of drug-likeness (QED) is 0.369. The molecule has 0 aromatic heterocycles. The van der Waals surface area contributed by atoms with Crippen LogP contribution >= 0.6 is 23.2 Å². The van der Waals surface area contributed by atoms with Gasteiger partial charge in [-0.25, -0.2) is 17.6 Å². The summed E-state index contributed by atoms with van der Waals surface area (Å²) in [5, 5.41) is 4.86. The van der Waals surface area contributed by atoms with E-state index in [1.807, 2.05) is 0 Å². The number of anilines is 3. The molecule has 1 saturated carbocycles. The number of carbonyl (C=O) groups excluding carboxylic acids is 3. The van der Waals surface area contributed by atoms with E-state index in [-0.39, 0.29) is 6.42 Å². The van der Waals surface area contributed by atoms with Crippen LogP contribution in [0.25, 0.3) is 0 Å². The summed E-state index contributed by atoms with van der Waals surface area (Å²) >= 11 is 11.5. The Morgan fingerprint density at radius 2 is 1.53 bits per heavy atom. The first-order valence-electron chi connectivity index (χ1n) is 8.97. The summed E-state index contributed by atoms with van der Waals surface area (Å²) in [7, 11) is 0. The van der Waals surface area contributed by atoms with Crippen molar-refractivity contribution in [3.05, 3.63) is 53.1 Å². The van der Waals surface area contributed by atoms with Crippen LogP contribution in [0.3, 0.4) is 0 Å². The van der Waals surface area contributed by atoms with Crippen molar-refractivity contribution in [3.8, 4) is 0 Å². The minimum absolute atomic E-state index is 0.0821. The van der Waals surface area contributed by atoms with E-state index >= 15 is 0 Å². The SMILES string of the molecule is O=C(Nc1c(F)ccc(NC(=O)C(F)(F)F)c1F)c1cc(NC(=O)[C@H]2CC2(Cl)Cl)cc(F)c1F. The summed E-state index contributed by atoms with van der Waals surface area (Å²) in [6.07, 6.45) is -5.32. The van der Waals surface area contributed by atoms with E-state index in [4.69, 9.17) is 23.2 Å². The predicted molar refractivity (Wildman–Crippen MR) is 107 cm³/mol. The summed E-state index contributed by atoms with van der Waals surface area (Å²) in [4.78, 5) is 35.4. The van der Waals surface area contributed by atoms with Crippen molar-refractivity contribution >= 4 is 58.0 Å². The molecule has 1 aliphatic carbocycles. The van der Waals surface area contributed by atoms with Gasteiger partial charge in [-0.1, -0.05) is 0 Å². The molecule has 0 saturated heterocycles. The fourth-order valence-corrected chi connectivity index (χ4v) is 3.20. The molecule has 6 nitrogen and oxygen atoms in total. The third-order valence-electron chi connectivity index (χ3n) is 4.52. The fraction of sp³-hybridized carbons (Fsp3) is 0.211. The molecule has 2 aromatic carbocycles. The van der Waals surface area contributed by atoms with Gasteiger partial charge in [-0.3, -0.25) is 14.4 Å². The molecule has 182 valence electrons. The number of hydrogen-bond acceptors (Lipinski definition) is 3. The number of halogens is 9. The maximum atomic E-state index is 14.5. The zero-order valence-corrected chi connectivity index (χ0v) is 17.7. The Morgan fingerprint density at radius 1 is 0.912 bits per heavy atom. The van der Waals surface area contributed by atoms with Crippen molar-refractivity contribution in [2.24, 2.45) is 5.92 Å². The maximum Gasteiger partial charge on any atom is 0.471 e. The number of rotatable bonds is 5. The van der Waals surface area contributed by atoms with E-state index in [1.54, 1.807) is 5.32 Å². The molecule has 0 bridgehead atoms. The Hall–Kier alpha value is -3.06. The number of nitrogens with one attached hydrogen (secondary N) is 3. The van der Waals surface area contributed by atoms with E-state index < -0.39 is 80.0 Å². The average molecular weight is 532 g/mol. The Morgan fingerprint density at radius 3 is 2.09 bits per heavy atom. The fourth-order valence-electron chi connectivity index (χ4n) is 2.69. The molecule has 0 heterocycles. The highest BCUT2D eigenvalue weighted by Gasteiger charge is 2.56. The molecule has 0 aliphatic heterocycles. The zero-order chi connectivity index (χ0) is 25.6. The van der Waals surface area contributed by atoms with Crippen molar-refractivity contribution in [2.75, 3.05) is 16.0 Å². The van der Waals surface area contributed by atoms with Gasteiger partial charge in [0.25, 0.3) is 5.91 Å². The molecule has 34 heavy (non-hydrogen) atoms. The summed E-state index contributed by atoms with van der Waals surface area (Å²) < 4.78 is 92.5. The summed E-state index contributed by atoms with van der Waals surface area (Å²) in [6.45, 7) is 0. The monoisotopic (exact) mass is 531 g/mol. The third kappa shape index (κ3) is 5.36. The lowest BCUT2D eigenvalue weighted by Gasteiger charge is -2.14. The van der Waals surface area contributed by atoms with Gasteiger partial charge < -0.3 is 16.0 Å². The molecule has 3 N–H and O–H groups in total. The second kappa shape index (κ2) is 8.95. The van der Waals surface area contributed by atoms with Crippen molar-refractivity contribution < 1.29 is 45.1 Å². The Kier molecular flexibility index (Phi) is 6.73. The van der Waals surface area contributed by atoms with Crippen LogP contribution in [0.2, 0.25) is 0 Å². The van der Waals surface area contributed by atoms with Crippen LogP contribution in [0.15, 0.2) is 24.3 Å². The third-order valence-corrected chi connectivity index (χ3v) is 5.35. The number of amides is 3. The van der Waals surface area contributed by atoms with Gasteiger partial charge in [0.1, 0.15) is 15.8 Å². The van der Waals surface area contributed by atoms with Crippen molar-refractivity contribution in [1.29, 1.82) is 0 Å². The van der Waals surface area contributed by atoms with Gasteiger partial charge in [-0.05, 0) is 24.6 Å². The zero-order valence-electron chi connectivity index (χ0n) is 16.2. The highest BCUT2D eigenvalue weighted by atomic mass is 35.5. The lowest BCUT2D eigenvalue weighted by molar-refractivity contribution is -0.167. The first kappa shape index (κ1) is 25.6. The second-order valence-corrected chi connectivity index (χ2v) is 8.56. The molecule has 1 aliphatic rings. The van der Waals surface area contributed by atoms with E-state index in [0.29, 0.717) is 24.3 Å². The van der Waals surface area contributed by atoms with Crippen LogP contribution in [0.5, 0.6) is 0 Å². The summed E-state index contributed by atoms with van der Waals surface area (Å²) in [5.41, 5.74) is -4.04. The average Bonchev–Trinajstić information content (AvgIpc) is 3.37. The lowest BCUT2D eigenvalue weighted by Crippen LogP contribution is -2.30. The normalized spacial score (nSPS) is 16.6. The van der Waals surface area contributed by atoms with Crippen LogP contribution in [0.4, 0.5) is 47.8 Å². The molecule has 0 radical (unpaired) electrons. The molecule has 3 amide bonds. The van der Waals surface area contributed by atoms with Crippen molar-refractivity contribution in [2.45, 2.75) is 16.9 Å². The van der Waals surface area contributed by atoms with Crippen LogP contribution < -0.4 is 16.0 Å². The van der Waals surface area contributed by atoms with E-state index in [2.05, 4.69) is 5.32 Å². The molecular formula is C19H10Cl2F7N3O3. The van der Waals surface area contributed by atoms with Crippen LogP contribution in [0.1, 0.15) is 16.8 Å². The number of alkyl halides is 5. The molecule has 1 fully saturated rings. The Labute approximate surface area is 195 Å². The topological polar surface area (TPSA) is 87.3 Å².